The average Bonchev–Trinajstić information content (AvgIpc) is 2.36. The van der Waals surface area contributed by atoms with E-state index in [-0.39, 0.29) is 11.4 Å². The Morgan fingerprint density at radius 2 is 2.00 bits per heavy atom. The van der Waals surface area contributed by atoms with Gasteiger partial charge in [-0.3, -0.25) is 4.79 Å². The fraction of sp³-hybridized carbons (Fsp3) is 0. The number of hydrogen-bond acceptors (Lipinski definition) is 2. The van der Waals surface area contributed by atoms with E-state index in [9.17, 15) is 9.18 Å². The van der Waals surface area contributed by atoms with Gasteiger partial charge in [-0.15, -0.1) is 0 Å². The number of carbonyl (C=O) groups is 1. The Labute approximate surface area is 127 Å². The highest BCUT2D eigenvalue weighted by molar-refractivity contribution is 14.1. The molecule has 0 atom stereocenters. The Kier molecular flexibility index (Phi) is 4.26. The topological polar surface area (TPSA) is 49.3 Å². The lowest BCUT2D eigenvalue weighted by Gasteiger charge is -2.07. The van der Waals surface area contributed by atoms with Crippen molar-refractivity contribution in [2.75, 3.05) is 5.32 Å². The minimum Gasteiger partial charge on any atom is -0.508 e. The van der Waals surface area contributed by atoms with Crippen LogP contribution in [0.2, 0.25) is 5.02 Å². The fourth-order valence-electron chi connectivity index (χ4n) is 1.44. The second-order valence-corrected chi connectivity index (χ2v) is 5.32. The Bertz CT molecular complexity index is 649. The molecule has 0 spiro atoms. The standard InChI is InChI=1S/C13H8ClFINO2/c14-9-5-7(1-3-11(9)16)13(19)17-12-4-2-8(18)6-10(12)15/h1-6,18H,(H,17,19). The van der Waals surface area contributed by atoms with Crippen LogP contribution in [0, 0.1) is 9.39 Å². The fourth-order valence-corrected chi connectivity index (χ4v) is 1.95. The van der Waals surface area contributed by atoms with Gasteiger partial charge in [-0.2, -0.15) is 0 Å². The van der Waals surface area contributed by atoms with Crippen molar-refractivity contribution in [1.82, 2.24) is 0 Å². The number of benzene rings is 2. The van der Waals surface area contributed by atoms with Gasteiger partial charge in [0, 0.05) is 15.2 Å². The van der Waals surface area contributed by atoms with E-state index in [1.165, 1.54) is 18.2 Å². The molecule has 0 unspecified atom stereocenters. The molecular weight excluding hydrogens is 384 g/mol. The Morgan fingerprint density at radius 1 is 1.26 bits per heavy atom. The maximum Gasteiger partial charge on any atom is 0.255 e. The number of halogens is 3. The Hall–Kier alpha value is -1.34. The molecule has 2 rings (SSSR count). The SMILES string of the molecule is O=C(Nc1ccc(O)cc1F)c1ccc(I)c(Cl)c1. The van der Waals surface area contributed by atoms with E-state index < -0.39 is 11.7 Å². The third-order valence-corrected chi connectivity index (χ3v) is 3.95. The smallest absolute Gasteiger partial charge is 0.255 e. The summed E-state index contributed by atoms with van der Waals surface area (Å²) in [6.45, 7) is 0. The molecule has 6 heteroatoms. The van der Waals surface area contributed by atoms with Crippen LogP contribution in [0.1, 0.15) is 10.4 Å². The first-order valence-corrected chi connectivity index (χ1v) is 6.68. The zero-order valence-electron chi connectivity index (χ0n) is 9.45. The predicted octanol–water partition coefficient (Wildman–Crippen LogP) is 4.04. The molecule has 0 radical (unpaired) electrons. The first-order chi connectivity index (χ1) is 8.97. The van der Waals surface area contributed by atoms with E-state index >= 15 is 0 Å². The van der Waals surface area contributed by atoms with E-state index in [4.69, 9.17) is 16.7 Å². The monoisotopic (exact) mass is 391 g/mol. The summed E-state index contributed by atoms with van der Waals surface area (Å²) < 4.78 is 14.3. The first-order valence-electron chi connectivity index (χ1n) is 5.22. The molecule has 19 heavy (non-hydrogen) atoms. The van der Waals surface area contributed by atoms with Gasteiger partial charge in [-0.05, 0) is 52.9 Å². The summed E-state index contributed by atoms with van der Waals surface area (Å²) in [6.07, 6.45) is 0. The quantitative estimate of drug-likeness (QED) is 0.600. The minimum absolute atomic E-state index is 0.00234. The van der Waals surface area contributed by atoms with Crippen LogP contribution in [0.4, 0.5) is 10.1 Å². The Balaban J connectivity index is 2.23. The number of amides is 1. The lowest BCUT2D eigenvalue weighted by Crippen LogP contribution is -2.13. The van der Waals surface area contributed by atoms with Gasteiger partial charge >= 0.3 is 0 Å². The van der Waals surface area contributed by atoms with Gasteiger partial charge in [0.15, 0.2) is 0 Å². The predicted molar refractivity (Wildman–Crippen MR) is 80.2 cm³/mol. The largest absolute Gasteiger partial charge is 0.508 e. The van der Waals surface area contributed by atoms with E-state index in [1.54, 1.807) is 12.1 Å². The summed E-state index contributed by atoms with van der Waals surface area (Å²) in [4.78, 5) is 11.9. The molecule has 0 bridgehead atoms. The normalized spacial score (nSPS) is 10.3. The van der Waals surface area contributed by atoms with Crippen LogP contribution in [-0.2, 0) is 0 Å². The van der Waals surface area contributed by atoms with Gasteiger partial charge in [0.25, 0.3) is 5.91 Å². The lowest BCUT2D eigenvalue weighted by atomic mass is 10.2. The molecule has 0 saturated heterocycles. The van der Waals surface area contributed by atoms with E-state index in [0.29, 0.717) is 10.6 Å². The molecule has 0 saturated carbocycles. The number of anilines is 1. The maximum absolute atomic E-state index is 13.5. The van der Waals surface area contributed by atoms with Crippen LogP contribution in [-0.4, -0.2) is 11.0 Å². The molecule has 1 amide bonds. The summed E-state index contributed by atoms with van der Waals surface area (Å²) in [6, 6.07) is 8.32. The number of phenols is 1. The molecule has 2 N–H and O–H groups in total. The zero-order valence-corrected chi connectivity index (χ0v) is 12.4. The number of carbonyl (C=O) groups excluding carboxylic acids is 1. The highest BCUT2D eigenvalue weighted by Crippen LogP contribution is 2.22. The second-order valence-electron chi connectivity index (χ2n) is 3.75. The summed E-state index contributed by atoms with van der Waals surface area (Å²) in [5.74, 6) is -1.37. The highest BCUT2D eigenvalue weighted by atomic mass is 127. The summed E-state index contributed by atoms with van der Waals surface area (Å²) in [5.41, 5.74) is 0.329. The summed E-state index contributed by atoms with van der Waals surface area (Å²) in [7, 11) is 0. The van der Waals surface area contributed by atoms with Crippen molar-refractivity contribution in [3.05, 3.63) is 56.4 Å². The van der Waals surface area contributed by atoms with Crippen molar-refractivity contribution < 1.29 is 14.3 Å². The van der Waals surface area contributed by atoms with Crippen LogP contribution in [0.5, 0.6) is 5.75 Å². The molecule has 0 aromatic heterocycles. The van der Waals surface area contributed by atoms with Crippen LogP contribution in [0.25, 0.3) is 0 Å². The van der Waals surface area contributed by atoms with Crippen molar-refractivity contribution in [3.8, 4) is 5.75 Å². The van der Waals surface area contributed by atoms with Crippen LogP contribution in [0.3, 0.4) is 0 Å². The van der Waals surface area contributed by atoms with Crippen molar-refractivity contribution >= 4 is 45.8 Å². The molecule has 0 aliphatic heterocycles. The second kappa shape index (κ2) is 5.75. The number of nitrogens with one attached hydrogen (secondary N) is 1. The number of rotatable bonds is 2. The first kappa shape index (κ1) is 14.1. The van der Waals surface area contributed by atoms with Crippen molar-refractivity contribution in [1.29, 1.82) is 0 Å². The molecule has 0 fully saturated rings. The third kappa shape index (κ3) is 3.36. The van der Waals surface area contributed by atoms with Gasteiger partial charge in [-0.25, -0.2) is 4.39 Å². The van der Waals surface area contributed by atoms with Crippen LogP contribution in [0.15, 0.2) is 36.4 Å². The molecule has 0 aliphatic rings. The molecule has 2 aromatic carbocycles. The van der Waals surface area contributed by atoms with Gasteiger partial charge < -0.3 is 10.4 Å². The van der Waals surface area contributed by atoms with Gasteiger partial charge in [0.05, 0.1) is 10.7 Å². The maximum atomic E-state index is 13.5. The third-order valence-electron chi connectivity index (χ3n) is 2.38. The average molecular weight is 392 g/mol. The Morgan fingerprint density at radius 3 is 2.63 bits per heavy atom. The van der Waals surface area contributed by atoms with E-state index in [0.717, 1.165) is 9.64 Å². The highest BCUT2D eigenvalue weighted by Gasteiger charge is 2.11. The summed E-state index contributed by atoms with van der Waals surface area (Å²) >= 11 is 7.96. The molecule has 0 aliphatic carbocycles. The number of hydrogen-bond donors (Lipinski definition) is 2. The van der Waals surface area contributed by atoms with E-state index in [2.05, 4.69) is 5.32 Å². The number of aromatic hydroxyl groups is 1. The van der Waals surface area contributed by atoms with Crippen LogP contribution >= 0.6 is 34.2 Å². The minimum atomic E-state index is -0.704. The molecule has 0 heterocycles. The molecule has 3 nitrogen and oxygen atoms in total. The van der Waals surface area contributed by atoms with Gasteiger partial charge in [0.2, 0.25) is 0 Å². The lowest BCUT2D eigenvalue weighted by molar-refractivity contribution is 0.102. The number of phenolic OH excluding ortho intramolecular Hbond substituents is 1. The summed E-state index contributed by atoms with van der Waals surface area (Å²) in [5, 5.41) is 12.0. The molecule has 2 aromatic rings. The van der Waals surface area contributed by atoms with Crippen molar-refractivity contribution in [3.63, 3.8) is 0 Å². The molecular formula is C13H8ClFINO2. The van der Waals surface area contributed by atoms with Gasteiger partial charge in [0.1, 0.15) is 11.6 Å². The van der Waals surface area contributed by atoms with E-state index in [1.807, 2.05) is 22.6 Å². The van der Waals surface area contributed by atoms with Crippen molar-refractivity contribution in [2.24, 2.45) is 0 Å². The zero-order chi connectivity index (χ0) is 14.0. The molecule has 98 valence electrons. The van der Waals surface area contributed by atoms with Crippen LogP contribution < -0.4 is 5.32 Å². The van der Waals surface area contributed by atoms with Gasteiger partial charge in [-0.1, -0.05) is 11.6 Å². The van der Waals surface area contributed by atoms with Crippen molar-refractivity contribution in [2.45, 2.75) is 0 Å².